The molecule has 17 heavy (non-hydrogen) atoms. The maximum absolute atomic E-state index is 11.6. The summed E-state index contributed by atoms with van der Waals surface area (Å²) in [5, 5.41) is 14.1. The van der Waals surface area contributed by atoms with Crippen LogP contribution in [0, 0.1) is 0 Å². The zero-order valence-electron chi connectivity index (χ0n) is 9.09. The Kier molecular flexibility index (Phi) is 3.72. The van der Waals surface area contributed by atoms with E-state index in [0.717, 1.165) is 5.69 Å². The highest BCUT2D eigenvalue weighted by Gasteiger charge is 2.06. The Hall–Kier alpha value is -1.88. The quantitative estimate of drug-likeness (QED) is 0.865. The summed E-state index contributed by atoms with van der Waals surface area (Å²) in [7, 11) is 0. The molecule has 0 unspecified atom stereocenters. The number of nitrogens with zero attached hydrogens (tertiary/aromatic N) is 1. The highest BCUT2D eigenvalue weighted by atomic mass is 32.1. The van der Waals surface area contributed by atoms with Crippen molar-refractivity contribution in [2.75, 3.05) is 0 Å². The normalized spacial score (nSPS) is 10.1. The summed E-state index contributed by atoms with van der Waals surface area (Å²) in [5.74, 6) is 0.0978. The summed E-state index contributed by atoms with van der Waals surface area (Å²) in [6.45, 7) is 0.329. The van der Waals surface area contributed by atoms with E-state index in [0.29, 0.717) is 12.1 Å². The Morgan fingerprint density at radius 1 is 1.41 bits per heavy atom. The lowest BCUT2D eigenvalue weighted by Crippen LogP contribution is -2.24. The summed E-state index contributed by atoms with van der Waals surface area (Å²) >= 11 is 1.47. The van der Waals surface area contributed by atoms with Gasteiger partial charge < -0.3 is 10.4 Å². The predicted molar refractivity (Wildman–Crippen MR) is 65.8 cm³/mol. The van der Waals surface area contributed by atoms with Gasteiger partial charge in [0.2, 0.25) is 5.91 Å². The highest BCUT2D eigenvalue weighted by molar-refractivity contribution is 7.07. The number of phenols is 1. The predicted octanol–water partition coefficient (Wildman–Crippen LogP) is 1.71. The van der Waals surface area contributed by atoms with Crippen LogP contribution in [0.1, 0.15) is 11.3 Å². The Morgan fingerprint density at radius 3 is 2.94 bits per heavy atom. The van der Waals surface area contributed by atoms with E-state index in [4.69, 9.17) is 0 Å². The third-order valence-corrected chi connectivity index (χ3v) is 2.93. The van der Waals surface area contributed by atoms with Gasteiger partial charge in [-0.25, -0.2) is 4.98 Å². The number of carbonyl (C=O) groups is 1. The van der Waals surface area contributed by atoms with Gasteiger partial charge in [0.15, 0.2) is 0 Å². The first kappa shape index (κ1) is 11.6. The van der Waals surface area contributed by atoms with Crippen molar-refractivity contribution in [1.29, 1.82) is 0 Å². The van der Waals surface area contributed by atoms with Crippen molar-refractivity contribution in [3.63, 3.8) is 0 Å². The molecular formula is C12H12N2O2S. The van der Waals surface area contributed by atoms with Crippen LogP contribution in [0.3, 0.4) is 0 Å². The smallest absolute Gasteiger partial charge is 0.226 e. The van der Waals surface area contributed by atoms with Crippen molar-refractivity contribution < 1.29 is 9.90 Å². The fourth-order valence-electron chi connectivity index (χ4n) is 1.41. The lowest BCUT2D eigenvalue weighted by Gasteiger charge is -2.05. The summed E-state index contributed by atoms with van der Waals surface area (Å²) in [4.78, 5) is 15.6. The van der Waals surface area contributed by atoms with Gasteiger partial charge in [-0.3, -0.25) is 4.79 Å². The van der Waals surface area contributed by atoms with Gasteiger partial charge in [0.25, 0.3) is 0 Å². The van der Waals surface area contributed by atoms with E-state index in [9.17, 15) is 9.90 Å². The van der Waals surface area contributed by atoms with Crippen LogP contribution in [-0.2, 0) is 17.8 Å². The number of benzene rings is 1. The Morgan fingerprint density at radius 2 is 2.24 bits per heavy atom. The Labute approximate surface area is 103 Å². The number of thiazole rings is 1. The number of aromatic nitrogens is 1. The lowest BCUT2D eigenvalue weighted by atomic mass is 10.2. The third kappa shape index (κ3) is 3.29. The van der Waals surface area contributed by atoms with Gasteiger partial charge in [-0.2, -0.15) is 0 Å². The van der Waals surface area contributed by atoms with E-state index in [1.165, 1.54) is 11.3 Å². The van der Waals surface area contributed by atoms with E-state index in [-0.39, 0.29) is 18.1 Å². The first-order chi connectivity index (χ1) is 8.25. The molecule has 0 aliphatic heterocycles. The van der Waals surface area contributed by atoms with Gasteiger partial charge in [0.1, 0.15) is 5.75 Å². The molecule has 1 aromatic carbocycles. The minimum Gasteiger partial charge on any atom is -0.508 e. The molecule has 5 heteroatoms. The van der Waals surface area contributed by atoms with Crippen molar-refractivity contribution in [2.24, 2.45) is 0 Å². The maximum Gasteiger partial charge on any atom is 0.226 e. The molecule has 1 amide bonds. The van der Waals surface area contributed by atoms with Crippen molar-refractivity contribution in [1.82, 2.24) is 10.3 Å². The minimum atomic E-state index is -0.0980. The standard InChI is InChI=1S/C12H12N2O2S/c15-11-4-2-1-3-9(11)6-13-12(16)5-10-7-17-8-14-10/h1-4,7-8,15H,5-6H2,(H,13,16). The molecule has 0 bridgehead atoms. The van der Waals surface area contributed by atoms with Crippen LogP contribution in [0.2, 0.25) is 0 Å². The van der Waals surface area contributed by atoms with Gasteiger partial charge in [-0.05, 0) is 6.07 Å². The molecule has 0 aliphatic rings. The number of phenolic OH excluding ortho intramolecular Hbond substituents is 1. The number of rotatable bonds is 4. The van der Waals surface area contributed by atoms with Gasteiger partial charge in [0.05, 0.1) is 17.6 Å². The van der Waals surface area contributed by atoms with E-state index in [2.05, 4.69) is 10.3 Å². The minimum absolute atomic E-state index is 0.0980. The molecule has 0 atom stereocenters. The number of para-hydroxylation sites is 1. The average molecular weight is 248 g/mol. The molecule has 0 radical (unpaired) electrons. The van der Waals surface area contributed by atoms with Crippen LogP contribution < -0.4 is 5.32 Å². The molecule has 1 aromatic heterocycles. The van der Waals surface area contributed by atoms with Crippen LogP contribution in [0.4, 0.5) is 0 Å². The molecule has 2 aromatic rings. The molecule has 88 valence electrons. The number of aromatic hydroxyl groups is 1. The average Bonchev–Trinajstić information content (AvgIpc) is 2.81. The number of hydrogen-bond donors (Lipinski definition) is 2. The zero-order chi connectivity index (χ0) is 12.1. The highest BCUT2D eigenvalue weighted by Crippen LogP contribution is 2.14. The fraction of sp³-hybridized carbons (Fsp3) is 0.167. The van der Waals surface area contributed by atoms with E-state index < -0.39 is 0 Å². The topological polar surface area (TPSA) is 62.2 Å². The third-order valence-electron chi connectivity index (χ3n) is 2.29. The van der Waals surface area contributed by atoms with Gasteiger partial charge in [-0.1, -0.05) is 18.2 Å². The first-order valence-corrected chi connectivity index (χ1v) is 6.10. The van der Waals surface area contributed by atoms with E-state index >= 15 is 0 Å². The van der Waals surface area contributed by atoms with Crippen molar-refractivity contribution in [3.8, 4) is 5.75 Å². The van der Waals surface area contributed by atoms with Crippen LogP contribution >= 0.6 is 11.3 Å². The van der Waals surface area contributed by atoms with Gasteiger partial charge in [-0.15, -0.1) is 11.3 Å². The van der Waals surface area contributed by atoms with Crippen LogP contribution in [-0.4, -0.2) is 16.0 Å². The summed E-state index contributed by atoms with van der Waals surface area (Å²) in [6.07, 6.45) is 0.275. The van der Waals surface area contributed by atoms with Crippen molar-refractivity contribution in [3.05, 3.63) is 46.4 Å². The zero-order valence-corrected chi connectivity index (χ0v) is 9.91. The number of carbonyl (C=O) groups excluding carboxylic acids is 1. The van der Waals surface area contributed by atoms with E-state index in [1.54, 1.807) is 23.7 Å². The SMILES string of the molecule is O=C(Cc1cscn1)NCc1ccccc1O. The van der Waals surface area contributed by atoms with Gasteiger partial charge in [0, 0.05) is 17.5 Å². The number of nitrogens with one attached hydrogen (secondary N) is 1. The molecule has 4 nitrogen and oxygen atoms in total. The second kappa shape index (κ2) is 5.45. The summed E-state index contributed by atoms with van der Waals surface area (Å²) in [5.41, 5.74) is 3.18. The number of amides is 1. The molecule has 1 heterocycles. The van der Waals surface area contributed by atoms with Crippen molar-refractivity contribution in [2.45, 2.75) is 13.0 Å². The van der Waals surface area contributed by atoms with Gasteiger partial charge >= 0.3 is 0 Å². The molecule has 0 fully saturated rings. The second-order valence-corrected chi connectivity index (χ2v) is 4.28. The molecule has 0 spiro atoms. The Balaban J connectivity index is 1.86. The molecule has 0 aliphatic carbocycles. The lowest BCUT2D eigenvalue weighted by molar-refractivity contribution is -0.120. The largest absolute Gasteiger partial charge is 0.508 e. The molecule has 2 N–H and O–H groups in total. The summed E-state index contributed by atoms with van der Waals surface area (Å²) < 4.78 is 0. The molecule has 0 saturated heterocycles. The fourth-order valence-corrected chi connectivity index (χ4v) is 1.96. The summed E-state index contributed by atoms with van der Waals surface area (Å²) in [6, 6.07) is 6.94. The Bertz CT molecular complexity index is 497. The maximum atomic E-state index is 11.6. The van der Waals surface area contributed by atoms with Crippen molar-refractivity contribution >= 4 is 17.2 Å². The number of hydrogen-bond acceptors (Lipinski definition) is 4. The monoisotopic (exact) mass is 248 g/mol. The molecular weight excluding hydrogens is 236 g/mol. The van der Waals surface area contributed by atoms with E-state index in [1.807, 2.05) is 11.4 Å². The second-order valence-electron chi connectivity index (χ2n) is 3.56. The van der Waals surface area contributed by atoms with Crippen LogP contribution in [0.25, 0.3) is 0 Å². The van der Waals surface area contributed by atoms with Crippen LogP contribution in [0.5, 0.6) is 5.75 Å². The first-order valence-electron chi connectivity index (χ1n) is 5.16. The van der Waals surface area contributed by atoms with Crippen LogP contribution in [0.15, 0.2) is 35.2 Å². The molecule has 0 saturated carbocycles. The molecule has 2 rings (SSSR count).